The van der Waals surface area contributed by atoms with Gasteiger partial charge in [-0.05, 0) is 47.7 Å². The molecule has 0 aromatic heterocycles. The van der Waals surface area contributed by atoms with E-state index in [9.17, 15) is 18.0 Å². The van der Waals surface area contributed by atoms with E-state index in [0.29, 0.717) is 0 Å². The Kier molecular flexibility index (Phi) is 6.06. The first-order valence-electron chi connectivity index (χ1n) is 8.18. The normalized spacial score (nSPS) is 12.1. The second kappa shape index (κ2) is 7.74. The number of alkyl halides is 3. The van der Waals surface area contributed by atoms with Gasteiger partial charge in [0.2, 0.25) is 5.91 Å². The number of halogens is 3. The number of rotatable bonds is 4. The molecule has 2 aromatic rings. The van der Waals surface area contributed by atoms with Crippen molar-refractivity contribution in [3.63, 3.8) is 0 Å². The molecule has 1 N–H and O–H groups in total. The third kappa shape index (κ3) is 5.53. The van der Waals surface area contributed by atoms with Crippen LogP contribution in [0.4, 0.5) is 18.9 Å². The Morgan fingerprint density at radius 3 is 2.35 bits per heavy atom. The van der Waals surface area contributed by atoms with Crippen LogP contribution in [0.1, 0.15) is 37.5 Å². The summed E-state index contributed by atoms with van der Waals surface area (Å²) in [7, 11) is 0. The van der Waals surface area contributed by atoms with Crippen LogP contribution in [0.15, 0.2) is 47.4 Å². The van der Waals surface area contributed by atoms with Crippen LogP contribution in [0, 0.1) is 6.92 Å². The molecule has 26 heavy (non-hydrogen) atoms. The standard InChI is InChI=1S/C20H22F3NOS/c1-13-8-9-14(19(2,3)4)11-17(13)26-12-18(25)24-16-7-5-6-15(10-16)20(21,22)23/h5-11H,12H2,1-4H3,(H,24,25). The van der Waals surface area contributed by atoms with Gasteiger partial charge in [0, 0.05) is 10.6 Å². The van der Waals surface area contributed by atoms with E-state index in [0.717, 1.165) is 22.6 Å². The Balaban J connectivity index is 2.04. The molecule has 1 amide bonds. The second-order valence-electron chi connectivity index (χ2n) is 7.15. The van der Waals surface area contributed by atoms with E-state index in [1.54, 1.807) is 0 Å². The average Bonchev–Trinajstić information content (AvgIpc) is 2.52. The van der Waals surface area contributed by atoms with Crippen molar-refractivity contribution in [2.75, 3.05) is 11.1 Å². The molecule has 0 saturated carbocycles. The highest BCUT2D eigenvalue weighted by atomic mass is 32.2. The maximum Gasteiger partial charge on any atom is 0.416 e. The summed E-state index contributed by atoms with van der Waals surface area (Å²) in [5, 5.41) is 2.53. The highest BCUT2D eigenvalue weighted by molar-refractivity contribution is 8.00. The lowest BCUT2D eigenvalue weighted by atomic mass is 9.87. The van der Waals surface area contributed by atoms with E-state index in [1.165, 1.54) is 29.5 Å². The van der Waals surface area contributed by atoms with Gasteiger partial charge in [-0.25, -0.2) is 0 Å². The molecule has 2 nitrogen and oxygen atoms in total. The first-order valence-corrected chi connectivity index (χ1v) is 9.16. The van der Waals surface area contributed by atoms with Crippen LogP contribution in [-0.4, -0.2) is 11.7 Å². The van der Waals surface area contributed by atoms with Gasteiger partial charge in [-0.15, -0.1) is 11.8 Å². The maximum absolute atomic E-state index is 12.7. The van der Waals surface area contributed by atoms with Crippen molar-refractivity contribution >= 4 is 23.4 Å². The molecule has 0 heterocycles. The molecule has 6 heteroatoms. The summed E-state index contributed by atoms with van der Waals surface area (Å²) in [5.74, 6) is -0.208. The van der Waals surface area contributed by atoms with Gasteiger partial charge in [-0.3, -0.25) is 4.79 Å². The second-order valence-corrected chi connectivity index (χ2v) is 8.16. The van der Waals surface area contributed by atoms with Gasteiger partial charge < -0.3 is 5.32 Å². The van der Waals surface area contributed by atoms with Gasteiger partial charge in [-0.1, -0.05) is 39.0 Å². The number of amides is 1. The zero-order chi connectivity index (χ0) is 19.5. The van der Waals surface area contributed by atoms with Crippen LogP contribution >= 0.6 is 11.8 Å². The number of benzene rings is 2. The molecule has 0 aliphatic rings. The number of hydrogen-bond acceptors (Lipinski definition) is 2. The molecule has 0 atom stereocenters. The van der Waals surface area contributed by atoms with Gasteiger partial charge in [-0.2, -0.15) is 13.2 Å². The summed E-state index contributed by atoms with van der Waals surface area (Å²) < 4.78 is 38.2. The Bertz CT molecular complexity index is 794. The molecule has 0 spiro atoms. The number of carbonyl (C=O) groups excluding carboxylic acids is 1. The summed E-state index contributed by atoms with van der Waals surface area (Å²) in [6.45, 7) is 8.32. The quantitative estimate of drug-likeness (QED) is 0.654. The molecule has 2 rings (SSSR count). The predicted octanol–water partition coefficient (Wildman–Crippen LogP) is 6.04. The highest BCUT2D eigenvalue weighted by Gasteiger charge is 2.30. The van der Waals surface area contributed by atoms with Crippen molar-refractivity contribution in [3.8, 4) is 0 Å². The lowest BCUT2D eigenvalue weighted by Gasteiger charge is -2.20. The van der Waals surface area contributed by atoms with Crippen molar-refractivity contribution < 1.29 is 18.0 Å². The molecule has 0 saturated heterocycles. The fraction of sp³-hybridized carbons (Fsp3) is 0.350. The van der Waals surface area contributed by atoms with Crippen molar-refractivity contribution in [1.29, 1.82) is 0 Å². The fourth-order valence-electron chi connectivity index (χ4n) is 2.34. The summed E-state index contributed by atoms with van der Waals surface area (Å²) in [4.78, 5) is 13.1. The zero-order valence-corrected chi connectivity index (χ0v) is 16.0. The van der Waals surface area contributed by atoms with Gasteiger partial charge >= 0.3 is 6.18 Å². The molecule has 0 fully saturated rings. The highest BCUT2D eigenvalue weighted by Crippen LogP contribution is 2.31. The van der Waals surface area contributed by atoms with E-state index < -0.39 is 11.7 Å². The molecule has 0 aliphatic heterocycles. The maximum atomic E-state index is 12.7. The first-order chi connectivity index (χ1) is 12.0. The Morgan fingerprint density at radius 1 is 1.04 bits per heavy atom. The third-order valence-electron chi connectivity index (χ3n) is 3.89. The molecule has 140 valence electrons. The number of hydrogen-bond donors (Lipinski definition) is 1. The number of aryl methyl sites for hydroxylation is 1. The molecular weight excluding hydrogens is 359 g/mol. The molecule has 2 aromatic carbocycles. The lowest BCUT2D eigenvalue weighted by Crippen LogP contribution is -2.15. The van der Waals surface area contributed by atoms with Crippen molar-refractivity contribution in [2.45, 2.75) is 44.2 Å². The Labute approximate surface area is 156 Å². The van der Waals surface area contributed by atoms with E-state index in [1.807, 2.05) is 13.0 Å². The van der Waals surface area contributed by atoms with Crippen molar-refractivity contribution in [2.24, 2.45) is 0 Å². The third-order valence-corrected chi connectivity index (χ3v) is 5.04. The van der Waals surface area contributed by atoms with E-state index in [4.69, 9.17) is 0 Å². The van der Waals surface area contributed by atoms with Crippen LogP contribution < -0.4 is 5.32 Å². The average molecular weight is 381 g/mol. The minimum Gasteiger partial charge on any atom is -0.325 e. The number of carbonyl (C=O) groups is 1. The minimum absolute atomic E-state index is 0.00328. The fourth-order valence-corrected chi connectivity index (χ4v) is 3.20. The number of anilines is 1. The molecule has 0 aliphatic carbocycles. The topological polar surface area (TPSA) is 29.1 Å². The summed E-state index contributed by atoms with van der Waals surface area (Å²) in [6.07, 6.45) is -4.43. The van der Waals surface area contributed by atoms with Gasteiger partial charge in [0.25, 0.3) is 0 Å². The van der Waals surface area contributed by atoms with E-state index in [-0.39, 0.29) is 22.8 Å². The van der Waals surface area contributed by atoms with E-state index >= 15 is 0 Å². The Morgan fingerprint density at radius 2 is 1.73 bits per heavy atom. The van der Waals surface area contributed by atoms with Crippen LogP contribution in [0.25, 0.3) is 0 Å². The monoisotopic (exact) mass is 381 g/mol. The van der Waals surface area contributed by atoms with E-state index in [2.05, 4.69) is 38.2 Å². The Hall–Kier alpha value is -1.95. The van der Waals surface area contributed by atoms with Crippen LogP contribution in [0.5, 0.6) is 0 Å². The summed E-state index contributed by atoms with van der Waals surface area (Å²) >= 11 is 1.38. The van der Waals surface area contributed by atoms with Crippen LogP contribution in [0.2, 0.25) is 0 Å². The van der Waals surface area contributed by atoms with Gasteiger partial charge in [0.1, 0.15) is 0 Å². The molecular formula is C20H22F3NOS. The molecule has 0 radical (unpaired) electrons. The summed E-state index contributed by atoms with van der Waals surface area (Å²) in [6, 6.07) is 10.8. The van der Waals surface area contributed by atoms with Crippen LogP contribution in [-0.2, 0) is 16.4 Å². The van der Waals surface area contributed by atoms with Crippen LogP contribution in [0.3, 0.4) is 0 Å². The predicted molar refractivity (Wildman–Crippen MR) is 101 cm³/mol. The summed E-state index contributed by atoms with van der Waals surface area (Å²) in [5.41, 5.74) is 1.60. The number of thioether (sulfide) groups is 1. The lowest BCUT2D eigenvalue weighted by molar-refractivity contribution is -0.137. The molecule has 0 unspecified atom stereocenters. The SMILES string of the molecule is Cc1ccc(C(C)(C)C)cc1SCC(=O)Nc1cccc(C(F)(F)F)c1. The van der Waals surface area contributed by atoms with Crippen molar-refractivity contribution in [3.05, 3.63) is 59.2 Å². The van der Waals surface area contributed by atoms with Gasteiger partial charge in [0.15, 0.2) is 0 Å². The smallest absolute Gasteiger partial charge is 0.325 e. The largest absolute Gasteiger partial charge is 0.416 e. The minimum atomic E-state index is -4.43. The molecule has 0 bridgehead atoms. The zero-order valence-electron chi connectivity index (χ0n) is 15.2. The first kappa shape index (κ1) is 20.4. The number of nitrogens with one attached hydrogen (secondary N) is 1. The van der Waals surface area contributed by atoms with Crippen molar-refractivity contribution in [1.82, 2.24) is 0 Å². The van der Waals surface area contributed by atoms with Gasteiger partial charge in [0.05, 0.1) is 11.3 Å².